The van der Waals surface area contributed by atoms with E-state index in [9.17, 15) is 9.59 Å². The van der Waals surface area contributed by atoms with Gasteiger partial charge in [0.15, 0.2) is 11.5 Å². The van der Waals surface area contributed by atoms with Crippen LogP contribution in [0.1, 0.15) is 16.8 Å². The molecule has 1 aromatic rings. The quantitative estimate of drug-likeness (QED) is 0.882. The summed E-state index contributed by atoms with van der Waals surface area (Å²) in [6.07, 6.45) is 0.332. The lowest BCUT2D eigenvalue weighted by Crippen LogP contribution is -2.34. The molecule has 20 heavy (non-hydrogen) atoms. The first-order chi connectivity index (χ1) is 9.65. The summed E-state index contributed by atoms with van der Waals surface area (Å²) in [5.74, 6) is 0.967. The minimum absolute atomic E-state index is 0.0207. The lowest BCUT2D eigenvalue weighted by atomic mass is 10.1. The third-order valence-corrected chi connectivity index (χ3v) is 3.23. The molecule has 0 bridgehead atoms. The number of nitrogens with zero attached hydrogens (tertiary/aromatic N) is 1. The van der Waals surface area contributed by atoms with Crippen molar-refractivity contribution in [3.63, 3.8) is 0 Å². The largest absolute Gasteiger partial charge is 0.493 e. The van der Waals surface area contributed by atoms with Crippen molar-refractivity contribution < 1.29 is 19.1 Å². The minimum atomic E-state index is -0.109. The SMILES string of the molecule is COc1ccc(C(=O)N2CCNC(=O)CC2)cc1OC. The average Bonchev–Trinajstić information content (AvgIpc) is 2.70. The zero-order valence-corrected chi connectivity index (χ0v) is 11.6. The van der Waals surface area contributed by atoms with Gasteiger partial charge < -0.3 is 19.7 Å². The summed E-state index contributed by atoms with van der Waals surface area (Å²) in [6.45, 7) is 1.43. The highest BCUT2D eigenvalue weighted by atomic mass is 16.5. The van der Waals surface area contributed by atoms with Crippen LogP contribution in [0.25, 0.3) is 0 Å². The summed E-state index contributed by atoms with van der Waals surface area (Å²) < 4.78 is 10.3. The molecular weight excluding hydrogens is 260 g/mol. The number of nitrogens with one attached hydrogen (secondary N) is 1. The van der Waals surface area contributed by atoms with E-state index in [0.717, 1.165) is 0 Å². The van der Waals surface area contributed by atoms with Crippen LogP contribution >= 0.6 is 0 Å². The van der Waals surface area contributed by atoms with Crippen LogP contribution in [0.2, 0.25) is 0 Å². The predicted octanol–water partition coefficient (Wildman–Crippen LogP) is 0.666. The molecule has 1 aliphatic rings. The Bertz CT molecular complexity index is 516. The second-order valence-electron chi connectivity index (χ2n) is 4.46. The number of carbonyl (C=O) groups is 2. The van der Waals surface area contributed by atoms with E-state index in [4.69, 9.17) is 9.47 Å². The molecule has 6 heteroatoms. The average molecular weight is 278 g/mol. The highest BCUT2D eigenvalue weighted by Crippen LogP contribution is 2.28. The Balaban J connectivity index is 2.18. The van der Waals surface area contributed by atoms with Gasteiger partial charge in [-0.25, -0.2) is 0 Å². The van der Waals surface area contributed by atoms with Gasteiger partial charge in [-0.2, -0.15) is 0 Å². The molecule has 0 atom stereocenters. The van der Waals surface area contributed by atoms with Gasteiger partial charge in [0, 0.05) is 31.6 Å². The summed E-state index contributed by atoms with van der Waals surface area (Å²) in [7, 11) is 3.08. The van der Waals surface area contributed by atoms with Crippen LogP contribution < -0.4 is 14.8 Å². The van der Waals surface area contributed by atoms with Crippen LogP contribution in [-0.2, 0) is 4.79 Å². The number of hydrogen-bond donors (Lipinski definition) is 1. The van der Waals surface area contributed by atoms with Crippen LogP contribution in [0.5, 0.6) is 11.5 Å². The van der Waals surface area contributed by atoms with Crippen molar-refractivity contribution >= 4 is 11.8 Å². The summed E-state index contributed by atoms with van der Waals surface area (Å²) in [5, 5.41) is 2.74. The zero-order chi connectivity index (χ0) is 14.5. The molecule has 0 radical (unpaired) electrons. The Morgan fingerprint density at radius 2 is 1.95 bits per heavy atom. The standard InChI is InChI=1S/C14H18N2O4/c1-19-11-4-3-10(9-12(11)20-2)14(18)16-7-5-13(17)15-6-8-16/h3-4,9H,5-8H2,1-2H3,(H,15,17). The molecule has 1 heterocycles. The van der Waals surface area contributed by atoms with Gasteiger partial charge >= 0.3 is 0 Å². The second kappa shape index (κ2) is 6.27. The van der Waals surface area contributed by atoms with Crippen molar-refractivity contribution in [2.24, 2.45) is 0 Å². The number of methoxy groups -OCH3 is 2. The number of ether oxygens (including phenoxy) is 2. The van der Waals surface area contributed by atoms with Crippen molar-refractivity contribution in [3.8, 4) is 11.5 Å². The van der Waals surface area contributed by atoms with E-state index in [1.165, 1.54) is 7.11 Å². The third kappa shape index (κ3) is 3.01. The van der Waals surface area contributed by atoms with Crippen LogP contribution in [-0.4, -0.2) is 50.6 Å². The van der Waals surface area contributed by atoms with Crippen LogP contribution in [0.15, 0.2) is 18.2 Å². The second-order valence-corrected chi connectivity index (χ2v) is 4.46. The van der Waals surface area contributed by atoms with Crippen molar-refractivity contribution in [3.05, 3.63) is 23.8 Å². The molecule has 0 saturated carbocycles. The summed E-state index contributed by atoms with van der Waals surface area (Å²) in [5.41, 5.74) is 0.525. The molecule has 1 fully saturated rings. The van der Waals surface area contributed by atoms with Gasteiger partial charge in [-0.05, 0) is 18.2 Å². The molecule has 0 aromatic heterocycles. The van der Waals surface area contributed by atoms with Gasteiger partial charge in [0.1, 0.15) is 0 Å². The van der Waals surface area contributed by atoms with Crippen LogP contribution in [0, 0.1) is 0 Å². The number of carbonyl (C=O) groups excluding carboxylic acids is 2. The Kier molecular flexibility index (Phi) is 4.45. The normalized spacial score (nSPS) is 15.3. The summed E-state index contributed by atoms with van der Waals surface area (Å²) in [4.78, 5) is 25.4. The predicted molar refractivity (Wildman–Crippen MR) is 73.1 cm³/mol. The third-order valence-electron chi connectivity index (χ3n) is 3.23. The Labute approximate surface area is 117 Å². The maximum absolute atomic E-state index is 12.4. The Morgan fingerprint density at radius 3 is 2.65 bits per heavy atom. The topological polar surface area (TPSA) is 67.9 Å². The summed E-state index contributed by atoms with van der Waals surface area (Å²) in [6, 6.07) is 5.05. The highest BCUT2D eigenvalue weighted by molar-refractivity contribution is 5.95. The van der Waals surface area contributed by atoms with E-state index in [1.54, 1.807) is 30.2 Å². The van der Waals surface area contributed by atoms with E-state index >= 15 is 0 Å². The molecule has 0 aliphatic carbocycles. The first-order valence-electron chi connectivity index (χ1n) is 6.43. The maximum Gasteiger partial charge on any atom is 0.254 e. The highest BCUT2D eigenvalue weighted by Gasteiger charge is 2.20. The fraction of sp³-hybridized carbons (Fsp3) is 0.429. The van der Waals surface area contributed by atoms with Crippen LogP contribution in [0.3, 0.4) is 0 Å². The summed E-state index contributed by atoms with van der Waals surface area (Å²) >= 11 is 0. The van der Waals surface area contributed by atoms with Crippen molar-refractivity contribution in [1.29, 1.82) is 0 Å². The minimum Gasteiger partial charge on any atom is -0.493 e. The molecule has 2 rings (SSSR count). The Morgan fingerprint density at radius 1 is 1.20 bits per heavy atom. The van der Waals surface area contributed by atoms with Gasteiger partial charge in [0.25, 0.3) is 5.91 Å². The molecule has 6 nitrogen and oxygen atoms in total. The van der Waals surface area contributed by atoms with Gasteiger partial charge in [0.2, 0.25) is 5.91 Å². The van der Waals surface area contributed by atoms with Gasteiger partial charge in [0.05, 0.1) is 14.2 Å². The molecule has 1 N–H and O–H groups in total. The fourth-order valence-corrected chi connectivity index (χ4v) is 2.12. The van der Waals surface area contributed by atoms with Gasteiger partial charge in [-0.1, -0.05) is 0 Å². The van der Waals surface area contributed by atoms with Crippen molar-refractivity contribution in [2.75, 3.05) is 33.9 Å². The lowest BCUT2D eigenvalue weighted by molar-refractivity contribution is -0.120. The first-order valence-corrected chi connectivity index (χ1v) is 6.43. The Hall–Kier alpha value is -2.24. The van der Waals surface area contributed by atoms with E-state index in [2.05, 4.69) is 5.32 Å². The smallest absolute Gasteiger partial charge is 0.254 e. The molecule has 0 unspecified atom stereocenters. The maximum atomic E-state index is 12.4. The van der Waals surface area contributed by atoms with E-state index in [0.29, 0.717) is 43.1 Å². The van der Waals surface area contributed by atoms with Crippen molar-refractivity contribution in [2.45, 2.75) is 6.42 Å². The van der Waals surface area contributed by atoms with Gasteiger partial charge in [-0.3, -0.25) is 9.59 Å². The van der Waals surface area contributed by atoms with Gasteiger partial charge in [-0.15, -0.1) is 0 Å². The lowest BCUT2D eigenvalue weighted by Gasteiger charge is -2.20. The number of rotatable bonds is 3. The molecule has 0 spiro atoms. The first kappa shape index (κ1) is 14.2. The molecule has 1 aromatic carbocycles. The molecule has 108 valence electrons. The monoisotopic (exact) mass is 278 g/mol. The van der Waals surface area contributed by atoms with E-state index < -0.39 is 0 Å². The van der Waals surface area contributed by atoms with Crippen molar-refractivity contribution in [1.82, 2.24) is 10.2 Å². The van der Waals surface area contributed by atoms with E-state index in [1.807, 2.05) is 0 Å². The zero-order valence-electron chi connectivity index (χ0n) is 11.6. The fourth-order valence-electron chi connectivity index (χ4n) is 2.12. The molecule has 2 amide bonds. The number of hydrogen-bond acceptors (Lipinski definition) is 4. The molecule has 1 aliphatic heterocycles. The number of benzene rings is 1. The van der Waals surface area contributed by atoms with Crippen LogP contribution in [0.4, 0.5) is 0 Å². The van der Waals surface area contributed by atoms with E-state index in [-0.39, 0.29) is 11.8 Å². The molecule has 1 saturated heterocycles. The molecular formula is C14H18N2O4. The number of amides is 2.